The molecule has 0 bridgehead atoms. The van der Waals surface area contributed by atoms with Crippen molar-refractivity contribution in [1.82, 2.24) is 4.90 Å². The van der Waals surface area contributed by atoms with Gasteiger partial charge >= 0.3 is 6.18 Å². The summed E-state index contributed by atoms with van der Waals surface area (Å²) < 4.78 is 48.7. The maximum Gasteiger partial charge on any atom is 0.406 e. The molecule has 1 aliphatic heterocycles. The van der Waals surface area contributed by atoms with Gasteiger partial charge in [-0.2, -0.15) is 13.2 Å². The lowest BCUT2D eigenvalue weighted by atomic mass is 10.2. The van der Waals surface area contributed by atoms with E-state index in [1.54, 1.807) is 12.1 Å². The Labute approximate surface area is 138 Å². The van der Waals surface area contributed by atoms with E-state index >= 15 is 0 Å². The Morgan fingerprint density at radius 3 is 2.62 bits per heavy atom. The summed E-state index contributed by atoms with van der Waals surface area (Å²) in [5.74, 6) is -0.147. The van der Waals surface area contributed by atoms with E-state index in [9.17, 15) is 18.0 Å². The zero-order chi connectivity index (χ0) is 17.6. The minimum atomic E-state index is -4.46. The highest BCUT2D eigenvalue weighted by molar-refractivity contribution is 5.94. The summed E-state index contributed by atoms with van der Waals surface area (Å²) in [6, 6.07) is 6.06. The van der Waals surface area contributed by atoms with E-state index < -0.39 is 18.6 Å². The summed E-state index contributed by atoms with van der Waals surface area (Å²) in [6.07, 6.45) is -1.16. The van der Waals surface area contributed by atoms with Gasteiger partial charge in [0.1, 0.15) is 18.9 Å². The third kappa shape index (κ3) is 5.56. The van der Waals surface area contributed by atoms with E-state index in [-0.39, 0.29) is 18.2 Å². The maximum absolute atomic E-state index is 12.6. The number of amides is 1. The number of hydrogen-bond acceptors (Lipinski definition) is 3. The van der Waals surface area contributed by atoms with Gasteiger partial charge in [-0.1, -0.05) is 6.08 Å². The van der Waals surface area contributed by atoms with Crippen LogP contribution in [-0.2, 0) is 4.74 Å². The van der Waals surface area contributed by atoms with Crippen molar-refractivity contribution in [3.05, 3.63) is 42.5 Å². The molecular weight excluding hydrogens is 323 g/mol. The van der Waals surface area contributed by atoms with Gasteiger partial charge in [-0.25, -0.2) is 0 Å². The van der Waals surface area contributed by atoms with E-state index in [2.05, 4.69) is 6.58 Å². The van der Waals surface area contributed by atoms with E-state index in [0.29, 0.717) is 17.3 Å². The van der Waals surface area contributed by atoms with Crippen molar-refractivity contribution in [3.8, 4) is 5.75 Å². The van der Waals surface area contributed by atoms with Crippen molar-refractivity contribution in [2.24, 2.45) is 0 Å². The molecule has 0 aliphatic carbocycles. The Hall–Kier alpha value is -2.02. The number of nitrogens with zero attached hydrogens (tertiary/aromatic N) is 1. The van der Waals surface area contributed by atoms with Crippen LogP contribution in [0.3, 0.4) is 0 Å². The summed E-state index contributed by atoms with van der Waals surface area (Å²) in [7, 11) is 0. The van der Waals surface area contributed by atoms with E-state index in [4.69, 9.17) is 9.47 Å². The lowest BCUT2D eigenvalue weighted by molar-refractivity contribution is -0.139. The molecule has 1 aromatic carbocycles. The molecule has 0 aromatic heterocycles. The van der Waals surface area contributed by atoms with Crippen molar-refractivity contribution < 1.29 is 27.4 Å². The SMILES string of the molecule is C=CCN(CC(F)(F)F)C(=O)c1ccc(OC[C@@H]2CCCO2)cc1. The van der Waals surface area contributed by atoms with Crippen LogP contribution in [0.2, 0.25) is 0 Å². The van der Waals surface area contributed by atoms with E-state index in [1.807, 2.05) is 0 Å². The van der Waals surface area contributed by atoms with Crippen molar-refractivity contribution >= 4 is 5.91 Å². The highest BCUT2D eigenvalue weighted by Gasteiger charge is 2.32. The van der Waals surface area contributed by atoms with Gasteiger partial charge in [-0.05, 0) is 37.1 Å². The number of hydrogen-bond donors (Lipinski definition) is 0. The number of carbonyl (C=O) groups excluding carboxylic acids is 1. The molecule has 1 heterocycles. The minimum Gasteiger partial charge on any atom is -0.491 e. The van der Waals surface area contributed by atoms with Gasteiger partial charge < -0.3 is 14.4 Å². The second kappa shape index (κ2) is 8.19. The second-order valence-electron chi connectivity index (χ2n) is 5.56. The van der Waals surface area contributed by atoms with Gasteiger partial charge in [-0.3, -0.25) is 4.79 Å². The van der Waals surface area contributed by atoms with Crippen molar-refractivity contribution in [1.29, 1.82) is 0 Å². The molecule has 0 spiro atoms. The number of ether oxygens (including phenoxy) is 2. The molecule has 1 atom stereocenters. The summed E-state index contributed by atoms with van der Waals surface area (Å²) in [6.45, 7) is 3.06. The fourth-order valence-electron chi connectivity index (χ4n) is 2.43. The molecule has 1 fully saturated rings. The lowest BCUT2D eigenvalue weighted by Crippen LogP contribution is -2.39. The first-order chi connectivity index (χ1) is 11.4. The fourth-order valence-corrected chi connectivity index (χ4v) is 2.43. The Balaban J connectivity index is 1.96. The standard InChI is InChI=1S/C17H20F3NO3/c1-2-9-21(12-17(18,19)20)16(22)13-5-7-14(8-6-13)24-11-15-4-3-10-23-15/h2,5-8,15H,1,3-4,9-12H2/t15-/m0/s1. The van der Waals surface area contributed by atoms with Crippen LogP contribution < -0.4 is 4.74 Å². The zero-order valence-electron chi connectivity index (χ0n) is 13.2. The second-order valence-corrected chi connectivity index (χ2v) is 5.56. The Morgan fingerprint density at radius 2 is 2.08 bits per heavy atom. The average Bonchev–Trinajstić information content (AvgIpc) is 3.04. The van der Waals surface area contributed by atoms with Gasteiger partial charge in [-0.15, -0.1) is 6.58 Å². The monoisotopic (exact) mass is 343 g/mol. The van der Waals surface area contributed by atoms with Crippen LogP contribution in [0, 0.1) is 0 Å². The summed E-state index contributed by atoms with van der Waals surface area (Å²) in [5, 5.41) is 0. The molecule has 1 amide bonds. The predicted octanol–water partition coefficient (Wildman–Crippen LogP) is 3.43. The fraction of sp³-hybridized carbons (Fsp3) is 0.471. The zero-order valence-corrected chi connectivity index (χ0v) is 13.2. The Morgan fingerprint density at radius 1 is 1.38 bits per heavy atom. The van der Waals surface area contributed by atoms with Crippen LogP contribution in [0.4, 0.5) is 13.2 Å². The van der Waals surface area contributed by atoms with Crippen LogP contribution in [0.15, 0.2) is 36.9 Å². The van der Waals surface area contributed by atoms with Crippen LogP contribution in [0.5, 0.6) is 5.75 Å². The highest BCUT2D eigenvalue weighted by Crippen LogP contribution is 2.20. The molecule has 24 heavy (non-hydrogen) atoms. The molecule has 1 aliphatic rings. The number of carbonyl (C=O) groups is 1. The van der Waals surface area contributed by atoms with Gasteiger partial charge in [0.2, 0.25) is 0 Å². The first kappa shape index (κ1) is 18.3. The number of halogens is 3. The van der Waals surface area contributed by atoms with Gasteiger partial charge in [0, 0.05) is 18.7 Å². The molecule has 0 radical (unpaired) electrons. The molecule has 1 saturated heterocycles. The van der Waals surface area contributed by atoms with Gasteiger partial charge in [0.15, 0.2) is 0 Å². The van der Waals surface area contributed by atoms with Crippen LogP contribution in [0.25, 0.3) is 0 Å². The molecule has 4 nitrogen and oxygen atoms in total. The van der Waals surface area contributed by atoms with Crippen molar-refractivity contribution in [2.45, 2.75) is 25.1 Å². The number of alkyl halides is 3. The molecule has 7 heteroatoms. The van der Waals surface area contributed by atoms with Crippen LogP contribution in [0.1, 0.15) is 23.2 Å². The number of rotatable bonds is 7. The molecule has 2 rings (SSSR count). The lowest BCUT2D eigenvalue weighted by Gasteiger charge is -2.22. The van der Waals surface area contributed by atoms with Crippen molar-refractivity contribution in [2.75, 3.05) is 26.3 Å². The first-order valence-corrected chi connectivity index (χ1v) is 7.70. The summed E-state index contributed by atoms with van der Waals surface area (Å²) in [5.41, 5.74) is 0.172. The average molecular weight is 343 g/mol. The Bertz CT molecular complexity index is 551. The molecule has 0 unspecified atom stereocenters. The third-order valence-corrected chi connectivity index (χ3v) is 3.57. The minimum absolute atomic E-state index is 0.0705. The smallest absolute Gasteiger partial charge is 0.406 e. The summed E-state index contributed by atoms with van der Waals surface area (Å²) >= 11 is 0. The van der Waals surface area contributed by atoms with Crippen LogP contribution >= 0.6 is 0 Å². The van der Waals surface area contributed by atoms with E-state index in [1.165, 1.54) is 18.2 Å². The maximum atomic E-state index is 12.6. The highest BCUT2D eigenvalue weighted by atomic mass is 19.4. The Kier molecular flexibility index (Phi) is 6.25. The van der Waals surface area contributed by atoms with Crippen molar-refractivity contribution in [3.63, 3.8) is 0 Å². The van der Waals surface area contributed by atoms with Crippen LogP contribution in [-0.4, -0.2) is 49.4 Å². The molecule has 132 valence electrons. The molecular formula is C17H20F3NO3. The molecule has 1 aromatic rings. The summed E-state index contributed by atoms with van der Waals surface area (Å²) in [4.78, 5) is 12.9. The molecule has 0 saturated carbocycles. The first-order valence-electron chi connectivity index (χ1n) is 7.70. The molecule has 0 N–H and O–H groups in total. The quantitative estimate of drug-likeness (QED) is 0.712. The van der Waals surface area contributed by atoms with Gasteiger partial charge in [0.05, 0.1) is 6.10 Å². The normalized spacial score (nSPS) is 17.5. The topological polar surface area (TPSA) is 38.8 Å². The third-order valence-electron chi connectivity index (χ3n) is 3.57. The van der Waals surface area contributed by atoms with Gasteiger partial charge in [0.25, 0.3) is 5.91 Å². The largest absolute Gasteiger partial charge is 0.491 e. The van der Waals surface area contributed by atoms with E-state index in [0.717, 1.165) is 19.4 Å². The predicted molar refractivity (Wildman–Crippen MR) is 83.1 cm³/mol. The number of benzene rings is 1.